The summed E-state index contributed by atoms with van der Waals surface area (Å²) >= 11 is 0. The molecule has 0 saturated heterocycles. The van der Waals surface area contributed by atoms with Gasteiger partial charge in [-0.2, -0.15) is 0 Å². The smallest absolute Gasteiger partial charge is 0.411 e. The van der Waals surface area contributed by atoms with Gasteiger partial charge in [-0.25, -0.2) is 4.79 Å². The third-order valence-electron chi connectivity index (χ3n) is 4.73. The number of hydrogen-bond acceptors (Lipinski definition) is 3. The summed E-state index contributed by atoms with van der Waals surface area (Å²) in [6, 6.07) is 25.8. The molecule has 0 heterocycles. The molecule has 29 heavy (non-hydrogen) atoms. The Morgan fingerprint density at radius 3 is 2.10 bits per heavy atom. The number of rotatable bonds is 6. The minimum Gasteiger partial charge on any atom is -0.489 e. The fraction of sp³-hybridized carbons (Fsp3) is 0.0800. The Morgan fingerprint density at radius 2 is 1.41 bits per heavy atom. The topological polar surface area (TPSA) is 47.6 Å². The number of hydrogen-bond donors (Lipinski definition) is 1. The molecule has 0 bridgehead atoms. The van der Waals surface area contributed by atoms with Crippen LogP contribution in [0, 0.1) is 0 Å². The first kappa shape index (κ1) is 18.6. The van der Waals surface area contributed by atoms with Crippen LogP contribution in [0.2, 0.25) is 0 Å². The van der Waals surface area contributed by atoms with E-state index in [0.29, 0.717) is 12.3 Å². The molecule has 0 atom stereocenters. The predicted octanol–water partition coefficient (Wildman–Crippen LogP) is 6.31. The Morgan fingerprint density at radius 1 is 0.828 bits per heavy atom. The Labute approximate surface area is 169 Å². The SMILES string of the molecule is C=CCOC(=O)Nc1c(COc2ccccc2)c2ccccc2c2ccccc12. The average Bonchev–Trinajstić information content (AvgIpc) is 2.78. The van der Waals surface area contributed by atoms with Gasteiger partial charge in [0.2, 0.25) is 0 Å². The maximum Gasteiger partial charge on any atom is 0.411 e. The summed E-state index contributed by atoms with van der Waals surface area (Å²) < 4.78 is 11.2. The lowest BCUT2D eigenvalue weighted by atomic mass is 9.95. The molecule has 0 aromatic heterocycles. The van der Waals surface area contributed by atoms with E-state index < -0.39 is 6.09 Å². The second-order valence-corrected chi connectivity index (χ2v) is 6.56. The number of ether oxygens (including phenoxy) is 2. The highest BCUT2D eigenvalue weighted by Gasteiger charge is 2.17. The van der Waals surface area contributed by atoms with Crippen LogP contribution in [0.5, 0.6) is 5.75 Å². The summed E-state index contributed by atoms with van der Waals surface area (Å²) in [6.07, 6.45) is 1.02. The van der Waals surface area contributed by atoms with Crippen LogP contribution in [-0.2, 0) is 11.3 Å². The van der Waals surface area contributed by atoms with Crippen LogP contribution < -0.4 is 10.1 Å². The maximum atomic E-state index is 12.4. The van der Waals surface area contributed by atoms with Crippen LogP contribution in [0.25, 0.3) is 21.5 Å². The number of fused-ring (bicyclic) bond motifs is 3. The number of carbonyl (C=O) groups is 1. The van der Waals surface area contributed by atoms with Crippen molar-refractivity contribution >= 4 is 33.3 Å². The van der Waals surface area contributed by atoms with Crippen molar-refractivity contribution in [2.24, 2.45) is 0 Å². The molecule has 0 aliphatic rings. The molecule has 4 rings (SSSR count). The van der Waals surface area contributed by atoms with Crippen LogP contribution in [0.4, 0.5) is 10.5 Å². The van der Waals surface area contributed by atoms with Crippen molar-refractivity contribution in [3.63, 3.8) is 0 Å². The molecule has 0 aliphatic carbocycles. The second kappa shape index (κ2) is 8.48. The molecule has 4 aromatic carbocycles. The van der Waals surface area contributed by atoms with Gasteiger partial charge in [0.25, 0.3) is 0 Å². The van der Waals surface area contributed by atoms with E-state index in [1.54, 1.807) is 0 Å². The van der Waals surface area contributed by atoms with Gasteiger partial charge in [0, 0.05) is 10.9 Å². The van der Waals surface area contributed by atoms with Crippen molar-refractivity contribution in [3.8, 4) is 5.75 Å². The third kappa shape index (κ3) is 3.92. The summed E-state index contributed by atoms with van der Waals surface area (Å²) in [5.41, 5.74) is 1.60. The highest BCUT2D eigenvalue weighted by molar-refractivity contribution is 6.16. The van der Waals surface area contributed by atoms with Crippen LogP contribution in [-0.4, -0.2) is 12.7 Å². The highest BCUT2D eigenvalue weighted by atomic mass is 16.5. The van der Waals surface area contributed by atoms with E-state index >= 15 is 0 Å². The largest absolute Gasteiger partial charge is 0.489 e. The van der Waals surface area contributed by atoms with E-state index in [0.717, 1.165) is 32.9 Å². The van der Waals surface area contributed by atoms with Crippen molar-refractivity contribution < 1.29 is 14.3 Å². The number of amides is 1. The molecular formula is C25H21NO3. The maximum absolute atomic E-state index is 12.4. The molecule has 4 nitrogen and oxygen atoms in total. The first-order valence-corrected chi connectivity index (χ1v) is 9.43. The van der Waals surface area contributed by atoms with E-state index in [1.807, 2.05) is 66.7 Å². The summed E-state index contributed by atoms with van der Waals surface area (Å²) in [6.45, 7) is 4.04. The average molecular weight is 383 g/mol. The molecule has 0 saturated carbocycles. The van der Waals surface area contributed by atoms with Crippen molar-refractivity contribution in [1.82, 2.24) is 0 Å². The fourth-order valence-electron chi connectivity index (χ4n) is 3.45. The van der Waals surface area contributed by atoms with E-state index in [2.05, 4.69) is 24.0 Å². The van der Waals surface area contributed by atoms with Crippen molar-refractivity contribution in [3.05, 3.63) is 97.1 Å². The van der Waals surface area contributed by atoms with Gasteiger partial charge in [-0.1, -0.05) is 79.4 Å². The third-order valence-corrected chi connectivity index (χ3v) is 4.73. The second-order valence-electron chi connectivity index (χ2n) is 6.56. The highest BCUT2D eigenvalue weighted by Crippen LogP contribution is 2.37. The minimum absolute atomic E-state index is 0.146. The molecule has 1 amide bonds. The monoisotopic (exact) mass is 383 g/mol. The lowest BCUT2D eigenvalue weighted by molar-refractivity contribution is 0.174. The first-order valence-electron chi connectivity index (χ1n) is 9.43. The summed E-state index contributed by atoms with van der Waals surface area (Å²) in [5.74, 6) is 0.768. The summed E-state index contributed by atoms with van der Waals surface area (Å²) in [7, 11) is 0. The molecule has 0 radical (unpaired) electrons. The van der Waals surface area contributed by atoms with Gasteiger partial charge in [-0.15, -0.1) is 0 Å². The van der Waals surface area contributed by atoms with Gasteiger partial charge < -0.3 is 9.47 Å². The minimum atomic E-state index is -0.522. The first-order chi connectivity index (χ1) is 14.3. The molecule has 4 aromatic rings. The Kier molecular flexibility index (Phi) is 5.43. The summed E-state index contributed by atoms with van der Waals surface area (Å²) in [5, 5.41) is 7.07. The Balaban J connectivity index is 1.85. The zero-order valence-corrected chi connectivity index (χ0v) is 15.9. The Bertz CT molecular complexity index is 1170. The van der Waals surface area contributed by atoms with E-state index in [4.69, 9.17) is 9.47 Å². The van der Waals surface area contributed by atoms with Gasteiger partial charge in [-0.05, 0) is 28.3 Å². The van der Waals surface area contributed by atoms with E-state index in [1.165, 1.54) is 6.08 Å². The van der Waals surface area contributed by atoms with Gasteiger partial charge in [0.15, 0.2) is 0 Å². The van der Waals surface area contributed by atoms with Gasteiger partial charge >= 0.3 is 6.09 Å². The van der Waals surface area contributed by atoms with Gasteiger partial charge in [0.05, 0.1) is 5.69 Å². The fourth-order valence-corrected chi connectivity index (χ4v) is 3.45. The van der Waals surface area contributed by atoms with Gasteiger partial charge in [-0.3, -0.25) is 5.32 Å². The van der Waals surface area contributed by atoms with Gasteiger partial charge in [0.1, 0.15) is 19.0 Å². The number of carbonyl (C=O) groups excluding carboxylic acids is 1. The normalized spacial score (nSPS) is 10.6. The predicted molar refractivity (Wildman–Crippen MR) is 117 cm³/mol. The number of nitrogens with one attached hydrogen (secondary N) is 1. The zero-order chi connectivity index (χ0) is 20.1. The van der Waals surface area contributed by atoms with E-state index in [9.17, 15) is 4.79 Å². The van der Waals surface area contributed by atoms with Crippen LogP contribution in [0.15, 0.2) is 91.5 Å². The lowest BCUT2D eigenvalue weighted by Gasteiger charge is -2.18. The molecule has 0 aliphatic heterocycles. The quantitative estimate of drug-likeness (QED) is 0.314. The van der Waals surface area contributed by atoms with Crippen LogP contribution in [0.1, 0.15) is 5.56 Å². The number of para-hydroxylation sites is 1. The lowest BCUT2D eigenvalue weighted by Crippen LogP contribution is -2.16. The van der Waals surface area contributed by atoms with Crippen molar-refractivity contribution in [2.45, 2.75) is 6.61 Å². The molecule has 0 fully saturated rings. The van der Waals surface area contributed by atoms with Crippen molar-refractivity contribution in [2.75, 3.05) is 11.9 Å². The zero-order valence-electron chi connectivity index (χ0n) is 15.9. The number of benzene rings is 4. The van der Waals surface area contributed by atoms with E-state index in [-0.39, 0.29) is 6.61 Å². The van der Waals surface area contributed by atoms with Crippen LogP contribution >= 0.6 is 0 Å². The molecule has 0 unspecified atom stereocenters. The molecular weight excluding hydrogens is 362 g/mol. The van der Waals surface area contributed by atoms with Crippen molar-refractivity contribution in [1.29, 1.82) is 0 Å². The van der Waals surface area contributed by atoms with Crippen LogP contribution in [0.3, 0.4) is 0 Å². The molecule has 4 heteroatoms. The standard InChI is InChI=1S/C25H21NO3/c1-2-16-28-25(27)26-24-22-15-9-8-13-20(22)19-12-6-7-14-21(19)23(24)17-29-18-10-4-3-5-11-18/h2-15H,1,16-17H2,(H,26,27). The number of anilines is 1. The summed E-state index contributed by atoms with van der Waals surface area (Å²) in [4.78, 5) is 12.4. The molecule has 0 spiro atoms. The molecule has 1 N–H and O–H groups in total. The molecule has 144 valence electrons. The Hall–Kier alpha value is -3.79.